The van der Waals surface area contributed by atoms with Crippen molar-refractivity contribution in [2.45, 2.75) is 13.5 Å². The minimum atomic E-state index is -0.191. The summed E-state index contributed by atoms with van der Waals surface area (Å²) >= 11 is 0. The number of rotatable bonds is 6. The Labute approximate surface area is 129 Å². The van der Waals surface area contributed by atoms with Gasteiger partial charge in [-0.15, -0.1) is 0 Å². The molecule has 0 atom stereocenters. The third kappa shape index (κ3) is 4.34. The first kappa shape index (κ1) is 15.6. The zero-order chi connectivity index (χ0) is 15.9. The molecule has 2 rings (SSSR count). The lowest BCUT2D eigenvalue weighted by Gasteiger charge is -2.11. The smallest absolute Gasteiger partial charge is 0.251 e. The van der Waals surface area contributed by atoms with Crippen LogP contribution in [0.5, 0.6) is 5.75 Å². The Kier molecular flexibility index (Phi) is 5.14. The van der Waals surface area contributed by atoms with Gasteiger partial charge in [-0.1, -0.05) is 12.6 Å². The predicted octanol–water partition coefficient (Wildman–Crippen LogP) is 2.55. The number of carbonyl (C=O) groups is 1. The molecule has 22 heavy (non-hydrogen) atoms. The molecule has 2 aromatic rings. The van der Waals surface area contributed by atoms with Crippen molar-refractivity contribution < 1.29 is 9.53 Å². The first-order chi connectivity index (χ1) is 10.6. The number of nitrogen functional groups attached to an aromatic ring is 1. The highest BCUT2D eigenvalue weighted by Crippen LogP contribution is 2.23. The summed E-state index contributed by atoms with van der Waals surface area (Å²) in [7, 11) is 0. The number of nitrogens with zero attached hydrogens (tertiary/aromatic N) is 1. The van der Waals surface area contributed by atoms with E-state index in [0.29, 0.717) is 30.2 Å². The van der Waals surface area contributed by atoms with Crippen LogP contribution in [0.3, 0.4) is 0 Å². The Morgan fingerprint density at radius 3 is 2.91 bits per heavy atom. The standard InChI is InChI=1S/C17H19N3O2/c1-12(2)11-22-16-8-14(5-6-15(16)18)17(21)20-10-13-4-3-7-19-9-13/h3-9H,1,10-11,18H2,2H3,(H,20,21). The second kappa shape index (κ2) is 7.26. The fourth-order valence-corrected chi connectivity index (χ4v) is 1.79. The van der Waals surface area contributed by atoms with Crippen LogP contribution in [0, 0.1) is 0 Å². The lowest BCUT2D eigenvalue weighted by atomic mass is 10.1. The number of nitrogens with two attached hydrogens (primary N) is 1. The summed E-state index contributed by atoms with van der Waals surface area (Å²) in [6.45, 7) is 6.41. The van der Waals surface area contributed by atoms with Crippen LogP contribution in [0.1, 0.15) is 22.8 Å². The molecular weight excluding hydrogens is 278 g/mol. The van der Waals surface area contributed by atoms with E-state index in [1.165, 1.54) is 0 Å². The summed E-state index contributed by atoms with van der Waals surface area (Å²) in [6, 6.07) is 8.69. The molecule has 0 saturated heterocycles. The van der Waals surface area contributed by atoms with Gasteiger partial charge in [0.2, 0.25) is 0 Å². The molecule has 0 aliphatic carbocycles. The fraction of sp³-hybridized carbons (Fsp3) is 0.176. The normalized spacial score (nSPS) is 10.0. The maximum absolute atomic E-state index is 12.2. The monoisotopic (exact) mass is 297 g/mol. The van der Waals surface area contributed by atoms with E-state index >= 15 is 0 Å². The first-order valence-electron chi connectivity index (χ1n) is 6.90. The van der Waals surface area contributed by atoms with Gasteiger partial charge >= 0.3 is 0 Å². The molecule has 1 aromatic carbocycles. The molecule has 0 spiro atoms. The number of hydrogen-bond acceptors (Lipinski definition) is 4. The topological polar surface area (TPSA) is 77.2 Å². The van der Waals surface area contributed by atoms with E-state index in [9.17, 15) is 4.79 Å². The number of carbonyl (C=O) groups excluding carboxylic acids is 1. The molecule has 0 unspecified atom stereocenters. The van der Waals surface area contributed by atoms with Gasteiger partial charge in [0.1, 0.15) is 12.4 Å². The van der Waals surface area contributed by atoms with Gasteiger partial charge in [-0.3, -0.25) is 9.78 Å². The Morgan fingerprint density at radius 1 is 1.41 bits per heavy atom. The summed E-state index contributed by atoms with van der Waals surface area (Å²) in [5.74, 6) is 0.293. The van der Waals surface area contributed by atoms with Crippen LogP contribution in [-0.4, -0.2) is 17.5 Å². The van der Waals surface area contributed by atoms with E-state index < -0.39 is 0 Å². The third-order valence-electron chi connectivity index (χ3n) is 2.93. The van der Waals surface area contributed by atoms with Crippen LogP contribution in [0.25, 0.3) is 0 Å². The third-order valence-corrected chi connectivity index (χ3v) is 2.93. The summed E-state index contributed by atoms with van der Waals surface area (Å²) in [5, 5.41) is 2.83. The van der Waals surface area contributed by atoms with E-state index in [4.69, 9.17) is 10.5 Å². The van der Waals surface area contributed by atoms with Gasteiger partial charge < -0.3 is 15.8 Å². The highest BCUT2D eigenvalue weighted by atomic mass is 16.5. The molecule has 114 valence electrons. The van der Waals surface area contributed by atoms with Crippen molar-refractivity contribution in [3.63, 3.8) is 0 Å². The summed E-state index contributed by atoms with van der Waals surface area (Å²) in [5.41, 5.74) is 8.65. The molecule has 1 heterocycles. The molecule has 1 aromatic heterocycles. The van der Waals surface area contributed by atoms with Crippen molar-refractivity contribution in [2.24, 2.45) is 0 Å². The lowest BCUT2D eigenvalue weighted by Crippen LogP contribution is -2.23. The van der Waals surface area contributed by atoms with Crippen LogP contribution in [0.15, 0.2) is 54.9 Å². The lowest BCUT2D eigenvalue weighted by molar-refractivity contribution is 0.0950. The highest BCUT2D eigenvalue weighted by molar-refractivity contribution is 5.95. The van der Waals surface area contributed by atoms with Crippen molar-refractivity contribution in [1.29, 1.82) is 0 Å². The molecule has 0 saturated carbocycles. The largest absolute Gasteiger partial charge is 0.487 e. The zero-order valence-electron chi connectivity index (χ0n) is 12.5. The van der Waals surface area contributed by atoms with E-state index in [0.717, 1.165) is 11.1 Å². The molecule has 0 radical (unpaired) electrons. The van der Waals surface area contributed by atoms with Crippen LogP contribution in [0.2, 0.25) is 0 Å². The number of anilines is 1. The molecule has 0 bridgehead atoms. The molecule has 0 aliphatic heterocycles. The van der Waals surface area contributed by atoms with E-state index in [1.807, 2.05) is 19.1 Å². The number of amides is 1. The zero-order valence-corrected chi connectivity index (χ0v) is 12.5. The van der Waals surface area contributed by atoms with Gasteiger partial charge in [0.25, 0.3) is 5.91 Å². The van der Waals surface area contributed by atoms with Gasteiger partial charge in [0.15, 0.2) is 0 Å². The van der Waals surface area contributed by atoms with Crippen molar-refractivity contribution in [2.75, 3.05) is 12.3 Å². The average Bonchev–Trinajstić information content (AvgIpc) is 2.52. The van der Waals surface area contributed by atoms with Gasteiger partial charge in [-0.2, -0.15) is 0 Å². The number of nitrogens with one attached hydrogen (secondary N) is 1. The molecular formula is C17H19N3O2. The maximum Gasteiger partial charge on any atom is 0.251 e. The number of pyridine rings is 1. The van der Waals surface area contributed by atoms with Gasteiger partial charge in [0, 0.05) is 24.5 Å². The molecule has 5 nitrogen and oxygen atoms in total. The number of hydrogen-bond donors (Lipinski definition) is 2. The van der Waals surface area contributed by atoms with Crippen molar-refractivity contribution in [3.05, 3.63) is 66.0 Å². The Bertz CT molecular complexity index is 669. The van der Waals surface area contributed by atoms with Crippen LogP contribution < -0.4 is 15.8 Å². The van der Waals surface area contributed by atoms with Gasteiger partial charge in [-0.25, -0.2) is 0 Å². The molecule has 1 amide bonds. The summed E-state index contributed by atoms with van der Waals surface area (Å²) in [4.78, 5) is 16.2. The predicted molar refractivity (Wildman–Crippen MR) is 86.6 cm³/mol. The highest BCUT2D eigenvalue weighted by Gasteiger charge is 2.09. The fourth-order valence-electron chi connectivity index (χ4n) is 1.79. The van der Waals surface area contributed by atoms with Crippen LogP contribution in [-0.2, 0) is 6.54 Å². The molecule has 0 fully saturated rings. The van der Waals surface area contributed by atoms with Crippen molar-refractivity contribution >= 4 is 11.6 Å². The molecule has 0 aliphatic rings. The van der Waals surface area contributed by atoms with Crippen molar-refractivity contribution in [3.8, 4) is 5.75 Å². The van der Waals surface area contributed by atoms with Crippen LogP contribution >= 0.6 is 0 Å². The Balaban J connectivity index is 2.03. The minimum Gasteiger partial charge on any atom is -0.487 e. The van der Waals surface area contributed by atoms with E-state index in [1.54, 1.807) is 30.6 Å². The summed E-state index contributed by atoms with van der Waals surface area (Å²) < 4.78 is 5.54. The summed E-state index contributed by atoms with van der Waals surface area (Å²) in [6.07, 6.45) is 3.40. The SMILES string of the molecule is C=C(C)COc1cc(C(=O)NCc2cccnc2)ccc1N. The average molecular weight is 297 g/mol. The first-order valence-corrected chi connectivity index (χ1v) is 6.90. The molecule has 3 N–H and O–H groups in total. The Hall–Kier alpha value is -2.82. The number of benzene rings is 1. The van der Waals surface area contributed by atoms with Gasteiger partial charge in [-0.05, 0) is 42.3 Å². The maximum atomic E-state index is 12.2. The Morgan fingerprint density at radius 2 is 2.23 bits per heavy atom. The second-order valence-electron chi connectivity index (χ2n) is 5.04. The number of aromatic nitrogens is 1. The van der Waals surface area contributed by atoms with E-state index in [2.05, 4.69) is 16.9 Å². The van der Waals surface area contributed by atoms with Crippen LogP contribution in [0.4, 0.5) is 5.69 Å². The van der Waals surface area contributed by atoms with E-state index in [-0.39, 0.29) is 5.91 Å². The minimum absolute atomic E-state index is 0.191. The number of ether oxygens (including phenoxy) is 1. The second-order valence-corrected chi connectivity index (χ2v) is 5.04. The quantitative estimate of drug-likeness (QED) is 0.634. The van der Waals surface area contributed by atoms with Gasteiger partial charge in [0.05, 0.1) is 5.69 Å². The molecule has 5 heteroatoms. The van der Waals surface area contributed by atoms with Crippen molar-refractivity contribution in [1.82, 2.24) is 10.3 Å².